The minimum atomic E-state index is 0.0656. The van der Waals surface area contributed by atoms with Crippen molar-refractivity contribution in [2.75, 3.05) is 26.2 Å². The maximum absolute atomic E-state index is 11.8. The Balaban J connectivity index is 4.09. The Bertz CT molecular complexity index is 193. The highest BCUT2D eigenvalue weighted by Crippen LogP contribution is 2.01. The monoisotopic (exact) mass is 230 g/mol. The van der Waals surface area contributed by atoms with E-state index >= 15 is 0 Å². The van der Waals surface area contributed by atoms with Gasteiger partial charge in [0.1, 0.15) is 6.61 Å². The molecule has 0 aromatic carbocycles. The van der Waals surface area contributed by atoms with E-state index in [0.717, 1.165) is 19.5 Å². The molecule has 0 saturated heterocycles. The van der Waals surface area contributed by atoms with Crippen LogP contribution in [-0.2, 0) is 9.53 Å². The Kier molecular flexibility index (Phi) is 8.21. The first-order valence-electron chi connectivity index (χ1n) is 6.06. The third-order valence-corrected chi connectivity index (χ3v) is 2.11. The molecule has 0 rings (SSSR count). The second kappa shape index (κ2) is 8.53. The first-order chi connectivity index (χ1) is 7.47. The molecular weight excluding hydrogens is 204 g/mol. The summed E-state index contributed by atoms with van der Waals surface area (Å²) >= 11 is 0. The number of nitrogens with zero attached hydrogens (tertiary/aromatic N) is 1. The van der Waals surface area contributed by atoms with Crippen LogP contribution in [0.3, 0.4) is 0 Å². The first kappa shape index (κ1) is 15.4. The summed E-state index contributed by atoms with van der Waals surface area (Å²) in [4.78, 5) is 13.7. The van der Waals surface area contributed by atoms with E-state index < -0.39 is 0 Å². The van der Waals surface area contributed by atoms with Gasteiger partial charge in [-0.1, -0.05) is 13.8 Å². The second-order valence-electron chi connectivity index (χ2n) is 4.74. The van der Waals surface area contributed by atoms with Gasteiger partial charge in [0.25, 0.3) is 0 Å². The molecule has 0 aromatic rings. The van der Waals surface area contributed by atoms with Crippen molar-refractivity contribution in [2.45, 2.75) is 40.2 Å². The number of carbonyl (C=O) groups excluding carboxylic acids is 1. The van der Waals surface area contributed by atoms with Gasteiger partial charge in [-0.05, 0) is 32.7 Å². The second-order valence-corrected chi connectivity index (χ2v) is 4.74. The van der Waals surface area contributed by atoms with Crippen molar-refractivity contribution in [3.63, 3.8) is 0 Å². The van der Waals surface area contributed by atoms with Crippen LogP contribution >= 0.6 is 0 Å². The van der Waals surface area contributed by atoms with Crippen molar-refractivity contribution in [1.82, 2.24) is 4.90 Å². The molecule has 0 aliphatic heterocycles. The topological polar surface area (TPSA) is 55.6 Å². The molecule has 0 spiro atoms. The molecule has 0 bridgehead atoms. The molecule has 0 heterocycles. The molecule has 4 heteroatoms. The van der Waals surface area contributed by atoms with Gasteiger partial charge in [-0.2, -0.15) is 0 Å². The largest absolute Gasteiger partial charge is 0.369 e. The van der Waals surface area contributed by atoms with Crippen LogP contribution in [0.5, 0.6) is 0 Å². The zero-order valence-electron chi connectivity index (χ0n) is 11.0. The first-order valence-corrected chi connectivity index (χ1v) is 6.06. The van der Waals surface area contributed by atoms with Crippen molar-refractivity contribution in [3.05, 3.63) is 0 Å². The lowest BCUT2D eigenvalue weighted by atomic mass is 10.2. The standard InChI is InChI=1S/C12H26N2O2/c1-10(2)8-14(7-5-6-13)12(15)9-16-11(3)4/h10-11H,5-9,13H2,1-4H3. The number of ether oxygens (including phenoxy) is 1. The summed E-state index contributed by atoms with van der Waals surface area (Å²) in [6, 6.07) is 0. The number of amides is 1. The van der Waals surface area contributed by atoms with Gasteiger partial charge in [-0.3, -0.25) is 4.79 Å². The highest BCUT2D eigenvalue weighted by Gasteiger charge is 2.14. The molecule has 0 aliphatic carbocycles. The number of hydrogen-bond acceptors (Lipinski definition) is 3. The molecule has 4 nitrogen and oxygen atoms in total. The third-order valence-electron chi connectivity index (χ3n) is 2.11. The van der Waals surface area contributed by atoms with Crippen LogP contribution in [0, 0.1) is 5.92 Å². The fourth-order valence-electron chi connectivity index (χ4n) is 1.37. The Labute approximate surface area is 99.1 Å². The van der Waals surface area contributed by atoms with Crippen LogP contribution < -0.4 is 5.73 Å². The average molecular weight is 230 g/mol. The molecule has 0 aliphatic rings. The van der Waals surface area contributed by atoms with E-state index in [4.69, 9.17) is 10.5 Å². The molecule has 0 unspecified atom stereocenters. The van der Waals surface area contributed by atoms with Crippen molar-refractivity contribution in [2.24, 2.45) is 11.7 Å². The van der Waals surface area contributed by atoms with Crippen molar-refractivity contribution in [1.29, 1.82) is 0 Å². The molecule has 0 saturated carbocycles. The van der Waals surface area contributed by atoms with E-state index in [1.54, 1.807) is 0 Å². The molecular formula is C12H26N2O2. The number of nitrogens with two attached hydrogens (primary N) is 1. The van der Waals surface area contributed by atoms with E-state index in [1.165, 1.54) is 0 Å². The van der Waals surface area contributed by atoms with Crippen molar-refractivity contribution >= 4 is 5.91 Å². The van der Waals surface area contributed by atoms with Gasteiger partial charge >= 0.3 is 0 Å². The fraction of sp³-hybridized carbons (Fsp3) is 0.917. The van der Waals surface area contributed by atoms with Crippen LogP contribution in [0.2, 0.25) is 0 Å². The summed E-state index contributed by atoms with van der Waals surface area (Å²) in [6.07, 6.45) is 0.944. The predicted octanol–water partition coefficient (Wildman–Crippen LogP) is 1.24. The highest BCUT2D eigenvalue weighted by molar-refractivity contribution is 5.77. The van der Waals surface area contributed by atoms with Crippen molar-refractivity contribution in [3.8, 4) is 0 Å². The Hall–Kier alpha value is -0.610. The smallest absolute Gasteiger partial charge is 0.248 e. The quantitative estimate of drug-likeness (QED) is 0.682. The van der Waals surface area contributed by atoms with E-state index in [-0.39, 0.29) is 18.6 Å². The van der Waals surface area contributed by atoms with E-state index in [0.29, 0.717) is 12.5 Å². The summed E-state index contributed by atoms with van der Waals surface area (Å²) in [5, 5.41) is 0. The SMILES string of the molecule is CC(C)CN(CCCN)C(=O)COC(C)C. The summed E-state index contributed by atoms with van der Waals surface area (Å²) in [6.45, 7) is 10.4. The van der Waals surface area contributed by atoms with Gasteiger partial charge in [0.15, 0.2) is 0 Å². The molecule has 96 valence electrons. The van der Waals surface area contributed by atoms with Crippen LogP contribution in [0.4, 0.5) is 0 Å². The number of carbonyl (C=O) groups is 1. The summed E-state index contributed by atoms with van der Waals surface area (Å²) < 4.78 is 5.32. The minimum Gasteiger partial charge on any atom is -0.369 e. The lowest BCUT2D eigenvalue weighted by Crippen LogP contribution is -2.38. The normalized spacial score (nSPS) is 11.2. The molecule has 0 radical (unpaired) electrons. The van der Waals surface area contributed by atoms with Crippen LogP contribution in [0.15, 0.2) is 0 Å². The van der Waals surface area contributed by atoms with Gasteiger partial charge in [-0.25, -0.2) is 0 Å². The van der Waals surface area contributed by atoms with Gasteiger partial charge in [0.05, 0.1) is 6.10 Å². The molecule has 0 atom stereocenters. The third kappa shape index (κ3) is 7.65. The molecule has 0 fully saturated rings. The maximum Gasteiger partial charge on any atom is 0.248 e. The summed E-state index contributed by atoms with van der Waals surface area (Å²) in [7, 11) is 0. The van der Waals surface area contributed by atoms with Gasteiger partial charge < -0.3 is 15.4 Å². The van der Waals surface area contributed by atoms with Crippen LogP contribution in [-0.4, -0.2) is 43.2 Å². The number of hydrogen-bond donors (Lipinski definition) is 1. The Morgan fingerprint density at radius 3 is 2.38 bits per heavy atom. The van der Waals surface area contributed by atoms with Crippen LogP contribution in [0.1, 0.15) is 34.1 Å². The maximum atomic E-state index is 11.8. The fourth-order valence-corrected chi connectivity index (χ4v) is 1.37. The lowest BCUT2D eigenvalue weighted by Gasteiger charge is -2.24. The molecule has 2 N–H and O–H groups in total. The van der Waals surface area contributed by atoms with Gasteiger partial charge in [0.2, 0.25) is 5.91 Å². The summed E-state index contributed by atoms with van der Waals surface area (Å²) in [5.41, 5.74) is 5.46. The van der Waals surface area contributed by atoms with E-state index in [9.17, 15) is 4.79 Å². The van der Waals surface area contributed by atoms with Gasteiger partial charge in [0, 0.05) is 13.1 Å². The molecule has 16 heavy (non-hydrogen) atoms. The zero-order valence-corrected chi connectivity index (χ0v) is 11.0. The molecule has 0 aromatic heterocycles. The highest BCUT2D eigenvalue weighted by atomic mass is 16.5. The number of rotatable bonds is 8. The average Bonchev–Trinajstić information content (AvgIpc) is 2.20. The van der Waals surface area contributed by atoms with E-state index in [2.05, 4.69) is 13.8 Å². The van der Waals surface area contributed by atoms with E-state index in [1.807, 2.05) is 18.7 Å². The van der Waals surface area contributed by atoms with Gasteiger partial charge in [-0.15, -0.1) is 0 Å². The summed E-state index contributed by atoms with van der Waals surface area (Å²) in [5.74, 6) is 0.539. The van der Waals surface area contributed by atoms with Crippen molar-refractivity contribution < 1.29 is 9.53 Å². The Morgan fingerprint density at radius 2 is 1.94 bits per heavy atom. The minimum absolute atomic E-state index is 0.0656. The predicted molar refractivity (Wildman–Crippen MR) is 66.2 cm³/mol. The Morgan fingerprint density at radius 1 is 1.31 bits per heavy atom. The molecule has 1 amide bonds. The van der Waals surface area contributed by atoms with Crippen LogP contribution in [0.25, 0.3) is 0 Å². The lowest BCUT2D eigenvalue weighted by molar-refractivity contribution is -0.138. The zero-order chi connectivity index (χ0) is 12.6.